The molecule has 0 aliphatic heterocycles. The summed E-state index contributed by atoms with van der Waals surface area (Å²) < 4.78 is 5.19. The second-order valence-corrected chi connectivity index (χ2v) is 4.99. The number of carbonyl (C=O) groups excluding carboxylic acids is 1. The predicted molar refractivity (Wildman–Crippen MR) is 82.1 cm³/mol. The van der Waals surface area contributed by atoms with Gasteiger partial charge in [-0.25, -0.2) is 4.79 Å². The molecule has 0 amide bonds. The fourth-order valence-electron chi connectivity index (χ4n) is 1.88. The molecule has 0 saturated carbocycles. The molecule has 0 saturated heterocycles. The van der Waals surface area contributed by atoms with Crippen molar-refractivity contribution in [2.45, 2.75) is 25.4 Å². The van der Waals surface area contributed by atoms with Gasteiger partial charge in [-0.1, -0.05) is 37.3 Å². The normalized spacial score (nSPS) is 13.4. The summed E-state index contributed by atoms with van der Waals surface area (Å²) in [6.45, 7) is 2.34. The van der Waals surface area contributed by atoms with Gasteiger partial charge in [0.05, 0.1) is 6.61 Å². The first-order valence-electron chi connectivity index (χ1n) is 6.56. The summed E-state index contributed by atoms with van der Waals surface area (Å²) in [5.74, 6) is -0.542. The lowest BCUT2D eigenvalue weighted by atomic mass is 10.0. The number of halogens is 1. The minimum Gasteiger partial charge on any atom is -0.463 e. The van der Waals surface area contributed by atoms with E-state index in [4.69, 9.17) is 4.74 Å². The second-order valence-electron chi connectivity index (χ2n) is 4.99. The molecule has 4 nitrogen and oxygen atoms in total. The maximum Gasteiger partial charge on any atom is 0.339 e. The van der Waals surface area contributed by atoms with E-state index >= 15 is 0 Å². The van der Waals surface area contributed by atoms with Crippen LogP contribution in [0.4, 0.5) is 0 Å². The number of rotatable bonds is 7. The Labute approximate surface area is 127 Å². The minimum absolute atomic E-state index is 0. The van der Waals surface area contributed by atoms with Gasteiger partial charge < -0.3 is 14.7 Å². The molecule has 0 spiro atoms. The van der Waals surface area contributed by atoms with E-state index in [1.165, 1.54) is 0 Å². The number of likely N-dealkylation sites (N-methyl/N-ethyl adjacent to an activating group) is 1. The Morgan fingerprint density at radius 3 is 2.40 bits per heavy atom. The van der Waals surface area contributed by atoms with Gasteiger partial charge in [-0.3, -0.25) is 0 Å². The summed E-state index contributed by atoms with van der Waals surface area (Å²) in [6.07, 6.45) is 1.00. The first-order chi connectivity index (χ1) is 8.98. The summed E-state index contributed by atoms with van der Waals surface area (Å²) in [6, 6.07) is 9.82. The van der Waals surface area contributed by atoms with Crippen LogP contribution in [-0.2, 0) is 16.0 Å². The van der Waals surface area contributed by atoms with E-state index in [-0.39, 0.29) is 19.0 Å². The molecule has 1 aromatic carbocycles. The maximum absolute atomic E-state index is 11.9. The summed E-state index contributed by atoms with van der Waals surface area (Å²) in [4.78, 5) is 13.7. The zero-order valence-corrected chi connectivity index (χ0v) is 13.2. The van der Waals surface area contributed by atoms with Crippen LogP contribution >= 0.6 is 12.4 Å². The SMILES string of the molecule is CCC(O)(CN(C)C)C(=O)OCCc1ccccc1.Cl. The van der Waals surface area contributed by atoms with Gasteiger partial charge in [-0.15, -0.1) is 12.4 Å². The van der Waals surface area contributed by atoms with Gasteiger partial charge in [0.1, 0.15) is 0 Å². The molecule has 0 heterocycles. The predicted octanol–water partition coefficient (Wildman–Crippen LogP) is 1.90. The molecular weight excluding hydrogens is 278 g/mol. The van der Waals surface area contributed by atoms with E-state index in [2.05, 4.69) is 0 Å². The van der Waals surface area contributed by atoms with Gasteiger partial charge in [0.25, 0.3) is 0 Å². The molecule has 1 atom stereocenters. The number of hydrogen-bond donors (Lipinski definition) is 1. The van der Waals surface area contributed by atoms with Crippen molar-refractivity contribution in [1.82, 2.24) is 4.90 Å². The van der Waals surface area contributed by atoms with E-state index in [0.29, 0.717) is 19.4 Å². The lowest BCUT2D eigenvalue weighted by Gasteiger charge is -2.27. The van der Waals surface area contributed by atoms with Crippen molar-refractivity contribution in [3.8, 4) is 0 Å². The fourth-order valence-corrected chi connectivity index (χ4v) is 1.88. The molecule has 0 radical (unpaired) electrons. The molecular formula is C15H24ClNO3. The first kappa shape index (κ1) is 18.9. The lowest BCUT2D eigenvalue weighted by Crippen LogP contribution is -2.47. The quantitative estimate of drug-likeness (QED) is 0.782. The first-order valence-corrected chi connectivity index (χ1v) is 6.56. The van der Waals surface area contributed by atoms with Crippen molar-refractivity contribution < 1.29 is 14.6 Å². The number of hydrogen-bond acceptors (Lipinski definition) is 4. The lowest BCUT2D eigenvalue weighted by molar-refractivity contribution is -0.167. The van der Waals surface area contributed by atoms with Crippen LogP contribution in [0.25, 0.3) is 0 Å². The molecule has 20 heavy (non-hydrogen) atoms. The molecule has 1 aromatic rings. The van der Waals surface area contributed by atoms with Crippen LogP contribution in [0, 0.1) is 0 Å². The highest BCUT2D eigenvalue weighted by Crippen LogP contribution is 2.13. The summed E-state index contributed by atoms with van der Waals surface area (Å²) in [5, 5.41) is 10.2. The van der Waals surface area contributed by atoms with E-state index in [1.54, 1.807) is 11.8 Å². The highest BCUT2D eigenvalue weighted by atomic mass is 35.5. The molecule has 0 aromatic heterocycles. The fraction of sp³-hybridized carbons (Fsp3) is 0.533. The number of aliphatic hydroxyl groups is 1. The van der Waals surface area contributed by atoms with E-state index < -0.39 is 11.6 Å². The number of carbonyl (C=O) groups is 1. The average Bonchev–Trinajstić information content (AvgIpc) is 2.39. The van der Waals surface area contributed by atoms with Crippen molar-refractivity contribution in [1.29, 1.82) is 0 Å². The van der Waals surface area contributed by atoms with Crippen molar-refractivity contribution in [3.63, 3.8) is 0 Å². The number of nitrogens with zero attached hydrogens (tertiary/aromatic N) is 1. The van der Waals surface area contributed by atoms with Gasteiger partial charge in [-0.2, -0.15) is 0 Å². The van der Waals surface area contributed by atoms with E-state index in [1.807, 2.05) is 44.4 Å². The highest BCUT2D eigenvalue weighted by molar-refractivity contribution is 5.85. The minimum atomic E-state index is -1.42. The van der Waals surface area contributed by atoms with Crippen molar-refractivity contribution >= 4 is 18.4 Å². The highest BCUT2D eigenvalue weighted by Gasteiger charge is 2.36. The average molecular weight is 302 g/mol. The van der Waals surface area contributed by atoms with Crippen LogP contribution in [-0.4, -0.2) is 48.8 Å². The van der Waals surface area contributed by atoms with Gasteiger partial charge >= 0.3 is 5.97 Å². The zero-order chi connectivity index (χ0) is 14.3. The van der Waals surface area contributed by atoms with Gasteiger partial charge in [-0.05, 0) is 26.1 Å². The summed E-state index contributed by atoms with van der Waals surface area (Å²) in [7, 11) is 3.63. The molecule has 5 heteroatoms. The Balaban J connectivity index is 0.00000361. The Morgan fingerprint density at radius 2 is 1.90 bits per heavy atom. The number of benzene rings is 1. The standard InChI is InChI=1S/C15H23NO3.ClH/c1-4-15(18,12-16(2)3)14(17)19-11-10-13-8-6-5-7-9-13;/h5-9,18H,4,10-12H2,1-3H3;1H. The van der Waals surface area contributed by atoms with Crippen molar-refractivity contribution in [2.24, 2.45) is 0 Å². The Morgan fingerprint density at radius 1 is 1.30 bits per heavy atom. The monoisotopic (exact) mass is 301 g/mol. The zero-order valence-electron chi connectivity index (χ0n) is 12.3. The smallest absolute Gasteiger partial charge is 0.339 e. The molecule has 0 aliphatic rings. The molecule has 0 bridgehead atoms. The third-order valence-electron chi connectivity index (χ3n) is 3.01. The molecule has 1 unspecified atom stereocenters. The van der Waals surface area contributed by atoms with Crippen LogP contribution < -0.4 is 0 Å². The largest absolute Gasteiger partial charge is 0.463 e. The number of esters is 1. The molecule has 0 fully saturated rings. The molecule has 1 rings (SSSR count). The Hall–Kier alpha value is -1.10. The van der Waals surface area contributed by atoms with Gasteiger partial charge in [0.15, 0.2) is 5.60 Å². The summed E-state index contributed by atoms with van der Waals surface area (Å²) in [5.41, 5.74) is -0.303. The van der Waals surface area contributed by atoms with Crippen molar-refractivity contribution in [2.75, 3.05) is 27.2 Å². The van der Waals surface area contributed by atoms with Crippen LogP contribution in [0.3, 0.4) is 0 Å². The van der Waals surface area contributed by atoms with Crippen LogP contribution in [0.5, 0.6) is 0 Å². The van der Waals surface area contributed by atoms with Gasteiger partial charge in [0.2, 0.25) is 0 Å². The van der Waals surface area contributed by atoms with Crippen molar-refractivity contribution in [3.05, 3.63) is 35.9 Å². The van der Waals surface area contributed by atoms with E-state index in [9.17, 15) is 9.90 Å². The van der Waals surface area contributed by atoms with Crippen LogP contribution in [0.15, 0.2) is 30.3 Å². The Bertz CT molecular complexity index is 397. The third-order valence-corrected chi connectivity index (χ3v) is 3.01. The van der Waals surface area contributed by atoms with Crippen LogP contribution in [0.2, 0.25) is 0 Å². The molecule has 1 N–H and O–H groups in total. The second kappa shape index (κ2) is 8.95. The molecule has 0 aliphatic carbocycles. The summed E-state index contributed by atoms with van der Waals surface area (Å²) >= 11 is 0. The maximum atomic E-state index is 11.9. The molecule has 114 valence electrons. The third kappa shape index (κ3) is 5.90. The topological polar surface area (TPSA) is 49.8 Å². The van der Waals surface area contributed by atoms with E-state index in [0.717, 1.165) is 5.56 Å². The van der Waals surface area contributed by atoms with Crippen LogP contribution in [0.1, 0.15) is 18.9 Å². The van der Waals surface area contributed by atoms with Gasteiger partial charge in [0, 0.05) is 13.0 Å². The Kier molecular flexibility index (Phi) is 8.46. The number of ether oxygens (including phenoxy) is 1.